The normalized spacial score (nSPS) is 9.65. The van der Waals surface area contributed by atoms with Crippen LogP contribution in [0, 0.1) is 0 Å². The SMILES string of the molecule is [N-]=[N+]=Nc1ccc(CCc2ccncc2)cc1. The maximum absolute atomic E-state index is 8.29. The molecule has 0 fully saturated rings. The lowest BCUT2D eigenvalue weighted by atomic mass is 10.1. The molecule has 0 saturated carbocycles. The third kappa shape index (κ3) is 3.33. The van der Waals surface area contributed by atoms with Crippen LogP contribution in [0.1, 0.15) is 11.1 Å². The largest absolute Gasteiger partial charge is 0.265 e. The van der Waals surface area contributed by atoms with Crippen molar-refractivity contribution in [2.24, 2.45) is 5.11 Å². The first-order valence-corrected chi connectivity index (χ1v) is 5.41. The molecule has 1 aromatic heterocycles. The zero-order chi connectivity index (χ0) is 11.9. The number of pyridine rings is 1. The molecule has 17 heavy (non-hydrogen) atoms. The van der Waals surface area contributed by atoms with Crippen molar-refractivity contribution in [3.05, 3.63) is 70.4 Å². The Labute approximate surface area is 99.6 Å². The van der Waals surface area contributed by atoms with Crippen LogP contribution in [-0.2, 0) is 12.8 Å². The van der Waals surface area contributed by atoms with Crippen LogP contribution < -0.4 is 0 Å². The van der Waals surface area contributed by atoms with Gasteiger partial charge in [0, 0.05) is 23.0 Å². The lowest BCUT2D eigenvalue weighted by Crippen LogP contribution is -1.90. The van der Waals surface area contributed by atoms with E-state index in [0.717, 1.165) is 12.8 Å². The minimum atomic E-state index is 0.653. The van der Waals surface area contributed by atoms with E-state index >= 15 is 0 Å². The number of azide groups is 1. The summed E-state index contributed by atoms with van der Waals surface area (Å²) in [5, 5.41) is 3.54. The molecular weight excluding hydrogens is 212 g/mol. The summed E-state index contributed by atoms with van der Waals surface area (Å²) in [6.07, 6.45) is 5.57. The van der Waals surface area contributed by atoms with Crippen molar-refractivity contribution >= 4 is 5.69 Å². The maximum Gasteiger partial charge on any atom is 0.0375 e. The zero-order valence-corrected chi connectivity index (χ0v) is 9.32. The first-order valence-electron chi connectivity index (χ1n) is 5.41. The van der Waals surface area contributed by atoms with E-state index in [1.165, 1.54) is 11.1 Å². The summed E-state index contributed by atoms with van der Waals surface area (Å²) in [5.41, 5.74) is 11.5. The number of aryl methyl sites for hydroxylation is 2. The number of aromatic nitrogens is 1. The second kappa shape index (κ2) is 5.68. The average molecular weight is 224 g/mol. The van der Waals surface area contributed by atoms with Crippen molar-refractivity contribution in [1.82, 2.24) is 4.98 Å². The van der Waals surface area contributed by atoms with E-state index in [4.69, 9.17) is 5.53 Å². The summed E-state index contributed by atoms with van der Waals surface area (Å²) < 4.78 is 0. The smallest absolute Gasteiger partial charge is 0.0375 e. The van der Waals surface area contributed by atoms with Crippen LogP contribution in [0.3, 0.4) is 0 Å². The number of nitrogens with zero attached hydrogens (tertiary/aromatic N) is 4. The van der Waals surface area contributed by atoms with E-state index in [9.17, 15) is 0 Å². The van der Waals surface area contributed by atoms with Gasteiger partial charge in [0.05, 0.1) is 0 Å². The van der Waals surface area contributed by atoms with Gasteiger partial charge >= 0.3 is 0 Å². The van der Waals surface area contributed by atoms with Crippen LogP contribution in [0.15, 0.2) is 53.9 Å². The molecule has 0 saturated heterocycles. The molecule has 0 bridgehead atoms. The Balaban J connectivity index is 1.98. The molecule has 0 atom stereocenters. The Bertz CT molecular complexity index is 513. The predicted octanol–water partition coefficient (Wildman–Crippen LogP) is 3.81. The molecule has 0 aliphatic heterocycles. The van der Waals surface area contributed by atoms with Crippen molar-refractivity contribution in [2.75, 3.05) is 0 Å². The lowest BCUT2D eigenvalue weighted by molar-refractivity contribution is 0.955. The maximum atomic E-state index is 8.29. The zero-order valence-electron chi connectivity index (χ0n) is 9.32. The highest BCUT2D eigenvalue weighted by molar-refractivity contribution is 5.38. The van der Waals surface area contributed by atoms with Crippen LogP contribution >= 0.6 is 0 Å². The minimum absolute atomic E-state index is 0.653. The summed E-state index contributed by atoms with van der Waals surface area (Å²) in [7, 11) is 0. The van der Waals surface area contributed by atoms with Gasteiger partial charge in [0.1, 0.15) is 0 Å². The van der Waals surface area contributed by atoms with Gasteiger partial charge in [-0.2, -0.15) is 0 Å². The van der Waals surface area contributed by atoms with Gasteiger partial charge in [-0.3, -0.25) is 4.98 Å². The molecule has 0 amide bonds. The van der Waals surface area contributed by atoms with Gasteiger partial charge in [0.25, 0.3) is 0 Å². The highest BCUT2D eigenvalue weighted by Gasteiger charge is 1.95. The van der Waals surface area contributed by atoms with Gasteiger partial charge in [0.2, 0.25) is 0 Å². The Morgan fingerprint density at radius 1 is 0.941 bits per heavy atom. The summed E-state index contributed by atoms with van der Waals surface area (Å²) in [4.78, 5) is 6.73. The summed E-state index contributed by atoms with van der Waals surface area (Å²) in [6.45, 7) is 0. The molecule has 2 aromatic rings. The van der Waals surface area contributed by atoms with E-state index in [1.54, 1.807) is 12.4 Å². The Morgan fingerprint density at radius 3 is 2.12 bits per heavy atom. The molecule has 4 nitrogen and oxygen atoms in total. The van der Waals surface area contributed by atoms with Crippen LogP contribution in [-0.4, -0.2) is 4.98 Å². The van der Waals surface area contributed by atoms with Crippen LogP contribution in [0.2, 0.25) is 0 Å². The molecule has 0 N–H and O–H groups in total. The number of hydrogen-bond donors (Lipinski definition) is 0. The Morgan fingerprint density at radius 2 is 1.53 bits per heavy atom. The first-order chi connectivity index (χ1) is 8.38. The first kappa shape index (κ1) is 11.2. The monoisotopic (exact) mass is 224 g/mol. The molecule has 0 radical (unpaired) electrons. The Hall–Kier alpha value is -2.32. The Kier molecular flexibility index (Phi) is 3.73. The van der Waals surface area contributed by atoms with Crippen LogP contribution in [0.5, 0.6) is 0 Å². The quantitative estimate of drug-likeness (QED) is 0.442. The summed E-state index contributed by atoms with van der Waals surface area (Å²) in [5.74, 6) is 0. The molecule has 2 rings (SSSR count). The van der Waals surface area contributed by atoms with Gasteiger partial charge in [-0.1, -0.05) is 29.4 Å². The van der Waals surface area contributed by atoms with E-state index in [2.05, 4.69) is 15.0 Å². The fourth-order valence-electron chi connectivity index (χ4n) is 1.62. The standard InChI is InChI=1S/C13H12N4/c14-17-16-13-5-3-11(4-6-13)1-2-12-7-9-15-10-8-12/h3-10H,1-2H2. The molecule has 84 valence electrons. The van der Waals surface area contributed by atoms with E-state index in [0.29, 0.717) is 5.69 Å². The number of hydrogen-bond acceptors (Lipinski definition) is 2. The van der Waals surface area contributed by atoms with Gasteiger partial charge in [-0.05, 0) is 41.6 Å². The van der Waals surface area contributed by atoms with E-state index in [1.807, 2.05) is 36.4 Å². The molecular formula is C13H12N4. The molecule has 0 spiro atoms. The van der Waals surface area contributed by atoms with Crippen molar-refractivity contribution < 1.29 is 0 Å². The van der Waals surface area contributed by atoms with Crippen molar-refractivity contribution in [3.8, 4) is 0 Å². The molecule has 1 aromatic carbocycles. The van der Waals surface area contributed by atoms with Crippen molar-refractivity contribution in [1.29, 1.82) is 0 Å². The van der Waals surface area contributed by atoms with Crippen molar-refractivity contribution in [3.63, 3.8) is 0 Å². The fraction of sp³-hybridized carbons (Fsp3) is 0.154. The molecule has 1 heterocycles. The average Bonchev–Trinajstić information content (AvgIpc) is 2.40. The number of benzene rings is 1. The fourth-order valence-corrected chi connectivity index (χ4v) is 1.62. The van der Waals surface area contributed by atoms with E-state index in [-0.39, 0.29) is 0 Å². The minimum Gasteiger partial charge on any atom is -0.265 e. The van der Waals surface area contributed by atoms with Gasteiger partial charge in [-0.15, -0.1) is 0 Å². The number of rotatable bonds is 4. The highest BCUT2D eigenvalue weighted by atomic mass is 15.1. The third-order valence-corrected chi connectivity index (χ3v) is 2.55. The second-order valence-corrected chi connectivity index (χ2v) is 3.71. The van der Waals surface area contributed by atoms with E-state index < -0.39 is 0 Å². The predicted molar refractivity (Wildman–Crippen MR) is 66.9 cm³/mol. The summed E-state index contributed by atoms with van der Waals surface area (Å²) >= 11 is 0. The molecule has 0 unspecified atom stereocenters. The van der Waals surface area contributed by atoms with Gasteiger partial charge in [0.15, 0.2) is 0 Å². The molecule has 4 heteroatoms. The second-order valence-electron chi connectivity index (χ2n) is 3.71. The van der Waals surface area contributed by atoms with Crippen molar-refractivity contribution in [2.45, 2.75) is 12.8 Å². The summed E-state index contributed by atoms with van der Waals surface area (Å²) in [6, 6.07) is 11.7. The van der Waals surface area contributed by atoms with Crippen LogP contribution in [0.4, 0.5) is 5.69 Å². The lowest BCUT2D eigenvalue weighted by Gasteiger charge is -2.02. The van der Waals surface area contributed by atoms with Gasteiger partial charge < -0.3 is 0 Å². The van der Waals surface area contributed by atoms with Gasteiger partial charge in [-0.25, -0.2) is 0 Å². The third-order valence-electron chi connectivity index (χ3n) is 2.55. The topological polar surface area (TPSA) is 61.7 Å². The highest BCUT2D eigenvalue weighted by Crippen LogP contribution is 2.14. The van der Waals surface area contributed by atoms with Crippen LogP contribution in [0.25, 0.3) is 10.4 Å². The molecule has 0 aliphatic carbocycles. The molecule has 0 aliphatic rings.